The normalized spacial score (nSPS) is 19.8. The van der Waals surface area contributed by atoms with Gasteiger partial charge in [-0.25, -0.2) is 0 Å². The Balaban J connectivity index is 1.38. The lowest BCUT2D eigenvalue weighted by Gasteiger charge is -2.31. The Morgan fingerprint density at radius 3 is 2.47 bits per heavy atom. The Morgan fingerprint density at radius 2 is 1.70 bits per heavy atom. The number of aryl methyl sites for hydroxylation is 2. The molecule has 1 heterocycles. The van der Waals surface area contributed by atoms with Crippen LogP contribution in [0.1, 0.15) is 60.0 Å². The lowest BCUT2D eigenvalue weighted by molar-refractivity contribution is -0.131. The highest BCUT2D eigenvalue weighted by atomic mass is 16.3. The highest BCUT2D eigenvalue weighted by Gasteiger charge is 2.37. The maximum atomic E-state index is 12.8. The molecule has 0 bridgehead atoms. The average Bonchev–Trinajstić information content (AvgIpc) is 3.14. The van der Waals surface area contributed by atoms with Crippen molar-refractivity contribution in [1.82, 2.24) is 10.2 Å². The topological polar surface area (TPSA) is 69.6 Å². The Labute approximate surface area is 178 Å². The standard InChI is InChI=1S/C25H30N2O3/c28-23-14-13-19(12-11-18-7-3-1-4-8-18)17-21(23)24(29)26-22-15-16-27(25(22)30)20-9-5-2-6-10-20/h1,3-4,7-8,13-14,17,20,22,28H,2,5-6,9-12,15-16H2,(H,26,29). The molecule has 158 valence electrons. The molecule has 1 unspecified atom stereocenters. The molecule has 1 atom stereocenters. The quantitative estimate of drug-likeness (QED) is 0.766. The number of phenolic OH excluding ortho intramolecular Hbond substituents is 1. The first-order chi connectivity index (χ1) is 14.6. The fourth-order valence-corrected chi connectivity index (χ4v) is 4.68. The van der Waals surface area contributed by atoms with Crippen LogP contribution in [-0.2, 0) is 17.6 Å². The van der Waals surface area contributed by atoms with E-state index in [0.29, 0.717) is 19.0 Å². The number of nitrogens with one attached hydrogen (secondary N) is 1. The molecule has 2 aliphatic rings. The zero-order valence-corrected chi connectivity index (χ0v) is 17.3. The predicted octanol–water partition coefficient (Wildman–Crippen LogP) is 3.84. The number of amides is 2. The van der Waals surface area contributed by atoms with Crippen LogP contribution in [0.4, 0.5) is 0 Å². The molecular formula is C25H30N2O3. The number of rotatable bonds is 6. The van der Waals surface area contributed by atoms with Gasteiger partial charge in [0.15, 0.2) is 0 Å². The number of aromatic hydroxyl groups is 1. The third-order valence-electron chi connectivity index (χ3n) is 6.41. The van der Waals surface area contributed by atoms with Crippen molar-refractivity contribution in [3.05, 3.63) is 65.2 Å². The first-order valence-electron chi connectivity index (χ1n) is 11.1. The van der Waals surface area contributed by atoms with Crippen molar-refractivity contribution in [3.63, 3.8) is 0 Å². The summed E-state index contributed by atoms with van der Waals surface area (Å²) in [4.78, 5) is 27.6. The van der Waals surface area contributed by atoms with Crippen LogP contribution in [0, 0.1) is 0 Å². The average molecular weight is 407 g/mol. The van der Waals surface area contributed by atoms with E-state index in [2.05, 4.69) is 17.4 Å². The fraction of sp³-hybridized carbons (Fsp3) is 0.440. The number of carbonyl (C=O) groups excluding carboxylic acids is 2. The molecule has 1 aliphatic carbocycles. The lowest BCUT2D eigenvalue weighted by Crippen LogP contribution is -2.45. The van der Waals surface area contributed by atoms with Crippen molar-refractivity contribution in [2.45, 2.75) is 63.5 Å². The van der Waals surface area contributed by atoms with E-state index in [-0.39, 0.29) is 23.1 Å². The maximum absolute atomic E-state index is 12.8. The van der Waals surface area contributed by atoms with Crippen molar-refractivity contribution in [2.24, 2.45) is 0 Å². The van der Waals surface area contributed by atoms with Gasteiger partial charge < -0.3 is 15.3 Å². The van der Waals surface area contributed by atoms with Gasteiger partial charge in [-0.05, 0) is 55.4 Å². The highest BCUT2D eigenvalue weighted by molar-refractivity contribution is 6.00. The Morgan fingerprint density at radius 1 is 0.967 bits per heavy atom. The zero-order valence-electron chi connectivity index (χ0n) is 17.3. The first kappa shape index (κ1) is 20.5. The molecule has 2 aromatic carbocycles. The van der Waals surface area contributed by atoms with Gasteiger partial charge in [0, 0.05) is 12.6 Å². The van der Waals surface area contributed by atoms with Gasteiger partial charge in [-0.1, -0.05) is 55.7 Å². The minimum atomic E-state index is -0.494. The molecule has 30 heavy (non-hydrogen) atoms. The highest BCUT2D eigenvalue weighted by Crippen LogP contribution is 2.27. The van der Waals surface area contributed by atoms with Crippen molar-refractivity contribution in [3.8, 4) is 5.75 Å². The number of hydrogen-bond acceptors (Lipinski definition) is 3. The summed E-state index contributed by atoms with van der Waals surface area (Å²) in [7, 11) is 0. The molecule has 1 saturated carbocycles. The van der Waals surface area contributed by atoms with Crippen LogP contribution < -0.4 is 5.32 Å². The fourth-order valence-electron chi connectivity index (χ4n) is 4.68. The summed E-state index contributed by atoms with van der Waals surface area (Å²) < 4.78 is 0. The smallest absolute Gasteiger partial charge is 0.255 e. The molecule has 1 saturated heterocycles. The number of nitrogens with zero attached hydrogens (tertiary/aromatic N) is 1. The summed E-state index contributed by atoms with van der Waals surface area (Å²) >= 11 is 0. The lowest BCUT2D eigenvalue weighted by atomic mass is 9.94. The number of likely N-dealkylation sites (tertiary alicyclic amines) is 1. The van der Waals surface area contributed by atoms with E-state index in [1.165, 1.54) is 24.8 Å². The third-order valence-corrected chi connectivity index (χ3v) is 6.41. The molecule has 5 heteroatoms. The van der Waals surface area contributed by atoms with E-state index in [4.69, 9.17) is 0 Å². The summed E-state index contributed by atoms with van der Waals surface area (Å²) in [5, 5.41) is 13.1. The van der Waals surface area contributed by atoms with Crippen LogP contribution in [0.2, 0.25) is 0 Å². The number of hydrogen-bond donors (Lipinski definition) is 2. The SMILES string of the molecule is O=C(NC1CCN(C2CCCCC2)C1=O)c1cc(CCc2ccccc2)ccc1O. The zero-order chi connectivity index (χ0) is 20.9. The molecule has 2 fully saturated rings. The van der Waals surface area contributed by atoms with Gasteiger partial charge in [-0.2, -0.15) is 0 Å². The van der Waals surface area contributed by atoms with Crippen LogP contribution in [0.5, 0.6) is 5.75 Å². The number of phenols is 1. The maximum Gasteiger partial charge on any atom is 0.255 e. The van der Waals surface area contributed by atoms with Gasteiger partial charge in [0.05, 0.1) is 5.56 Å². The molecule has 2 N–H and O–H groups in total. The minimum Gasteiger partial charge on any atom is -0.507 e. The van der Waals surface area contributed by atoms with Gasteiger partial charge >= 0.3 is 0 Å². The molecule has 1 aliphatic heterocycles. The largest absolute Gasteiger partial charge is 0.507 e. The number of carbonyl (C=O) groups is 2. The summed E-state index contributed by atoms with van der Waals surface area (Å²) in [6.45, 7) is 0.706. The molecule has 2 amide bonds. The molecule has 0 radical (unpaired) electrons. The number of benzene rings is 2. The van der Waals surface area contributed by atoms with E-state index >= 15 is 0 Å². The Kier molecular flexibility index (Phi) is 6.36. The van der Waals surface area contributed by atoms with Gasteiger partial charge in [0.2, 0.25) is 5.91 Å². The van der Waals surface area contributed by atoms with Gasteiger partial charge in [0.25, 0.3) is 5.91 Å². The second-order valence-electron chi connectivity index (χ2n) is 8.48. The van der Waals surface area contributed by atoms with Gasteiger partial charge in [0.1, 0.15) is 11.8 Å². The monoisotopic (exact) mass is 406 g/mol. The van der Waals surface area contributed by atoms with Gasteiger partial charge in [-0.15, -0.1) is 0 Å². The van der Waals surface area contributed by atoms with Gasteiger partial charge in [-0.3, -0.25) is 9.59 Å². The van der Waals surface area contributed by atoms with Crippen LogP contribution in [-0.4, -0.2) is 40.4 Å². The van der Waals surface area contributed by atoms with Crippen molar-refractivity contribution >= 4 is 11.8 Å². The molecule has 4 rings (SSSR count). The van der Waals surface area contributed by atoms with Crippen LogP contribution in [0.15, 0.2) is 48.5 Å². The van der Waals surface area contributed by atoms with E-state index in [1.54, 1.807) is 12.1 Å². The molecule has 0 aromatic heterocycles. The van der Waals surface area contributed by atoms with E-state index in [0.717, 1.165) is 31.2 Å². The van der Waals surface area contributed by atoms with E-state index in [1.807, 2.05) is 29.2 Å². The Bertz CT molecular complexity index is 891. The Hall–Kier alpha value is -2.82. The van der Waals surface area contributed by atoms with Crippen molar-refractivity contribution < 1.29 is 14.7 Å². The van der Waals surface area contributed by atoms with Crippen LogP contribution >= 0.6 is 0 Å². The summed E-state index contributed by atoms with van der Waals surface area (Å²) in [5.74, 6) is -0.404. The van der Waals surface area contributed by atoms with E-state index < -0.39 is 6.04 Å². The third kappa shape index (κ3) is 4.66. The second-order valence-corrected chi connectivity index (χ2v) is 8.48. The summed E-state index contributed by atoms with van der Waals surface area (Å²) in [6.07, 6.45) is 8.01. The predicted molar refractivity (Wildman–Crippen MR) is 116 cm³/mol. The second kappa shape index (κ2) is 9.33. The van der Waals surface area contributed by atoms with Crippen LogP contribution in [0.3, 0.4) is 0 Å². The first-order valence-corrected chi connectivity index (χ1v) is 11.1. The van der Waals surface area contributed by atoms with Crippen LogP contribution in [0.25, 0.3) is 0 Å². The minimum absolute atomic E-state index is 0.0231. The van der Waals surface area contributed by atoms with E-state index in [9.17, 15) is 14.7 Å². The van der Waals surface area contributed by atoms with Crippen molar-refractivity contribution in [1.29, 1.82) is 0 Å². The molecular weight excluding hydrogens is 376 g/mol. The molecule has 0 spiro atoms. The van der Waals surface area contributed by atoms with Crippen molar-refractivity contribution in [2.75, 3.05) is 6.54 Å². The summed E-state index contributed by atoms with van der Waals surface area (Å²) in [5.41, 5.74) is 2.46. The molecule has 5 nitrogen and oxygen atoms in total. The summed E-state index contributed by atoms with van der Waals surface area (Å²) in [6, 6.07) is 15.2. The molecule has 2 aromatic rings.